The van der Waals surface area contributed by atoms with Crippen LogP contribution in [-0.2, 0) is 6.42 Å². The average Bonchev–Trinajstić information content (AvgIpc) is 2.31. The van der Waals surface area contributed by atoms with Gasteiger partial charge in [0.2, 0.25) is 5.91 Å². The standard InChI is InChI=1S/C9H11NO.C5H12/c1-2-7-3-5-8(6-4-7)9(10)11;1-3-5-4-2/h3-6H,2H2,1H3,(H2,10,11);3-5H2,1-2H3. The van der Waals surface area contributed by atoms with Crippen molar-refractivity contribution in [3.05, 3.63) is 35.4 Å². The molecule has 0 aliphatic rings. The molecule has 0 heterocycles. The van der Waals surface area contributed by atoms with Gasteiger partial charge in [0.15, 0.2) is 0 Å². The van der Waals surface area contributed by atoms with Crippen LogP contribution in [0, 0.1) is 0 Å². The van der Waals surface area contributed by atoms with Crippen LogP contribution < -0.4 is 5.73 Å². The highest BCUT2D eigenvalue weighted by Crippen LogP contribution is 2.03. The summed E-state index contributed by atoms with van der Waals surface area (Å²) in [6.07, 6.45) is 5.06. The van der Waals surface area contributed by atoms with E-state index in [1.54, 1.807) is 12.1 Å². The van der Waals surface area contributed by atoms with Gasteiger partial charge in [-0.05, 0) is 24.1 Å². The lowest BCUT2D eigenvalue weighted by Crippen LogP contribution is -2.10. The van der Waals surface area contributed by atoms with Crippen LogP contribution >= 0.6 is 0 Å². The van der Waals surface area contributed by atoms with Crippen molar-refractivity contribution in [1.29, 1.82) is 0 Å². The highest BCUT2D eigenvalue weighted by Gasteiger charge is 1.97. The van der Waals surface area contributed by atoms with E-state index in [9.17, 15) is 4.79 Å². The van der Waals surface area contributed by atoms with Crippen LogP contribution in [0.4, 0.5) is 0 Å². The van der Waals surface area contributed by atoms with E-state index in [2.05, 4.69) is 20.8 Å². The topological polar surface area (TPSA) is 43.1 Å². The summed E-state index contributed by atoms with van der Waals surface area (Å²) in [7, 11) is 0. The summed E-state index contributed by atoms with van der Waals surface area (Å²) in [4.78, 5) is 10.6. The number of carbonyl (C=O) groups is 1. The van der Waals surface area contributed by atoms with Crippen molar-refractivity contribution in [1.82, 2.24) is 0 Å². The van der Waals surface area contributed by atoms with Gasteiger partial charge in [0, 0.05) is 5.56 Å². The Morgan fingerprint density at radius 3 is 1.81 bits per heavy atom. The van der Waals surface area contributed by atoms with Crippen molar-refractivity contribution in [2.45, 2.75) is 46.5 Å². The summed E-state index contributed by atoms with van der Waals surface area (Å²) in [5.74, 6) is -0.368. The van der Waals surface area contributed by atoms with Crippen molar-refractivity contribution in [2.24, 2.45) is 5.73 Å². The zero-order chi connectivity index (χ0) is 12.4. The molecule has 0 fully saturated rings. The third-order valence-corrected chi connectivity index (χ3v) is 2.35. The molecular formula is C14H23NO. The minimum Gasteiger partial charge on any atom is -0.366 e. The molecule has 90 valence electrons. The predicted octanol–water partition coefficient (Wildman–Crippen LogP) is 3.54. The highest BCUT2D eigenvalue weighted by molar-refractivity contribution is 5.92. The molecule has 0 spiro atoms. The highest BCUT2D eigenvalue weighted by atomic mass is 16.1. The molecule has 1 aromatic rings. The number of carbonyl (C=O) groups excluding carboxylic acids is 1. The van der Waals surface area contributed by atoms with Crippen molar-refractivity contribution >= 4 is 5.91 Å². The molecule has 1 rings (SSSR count). The Kier molecular flexibility index (Phi) is 8.22. The molecule has 16 heavy (non-hydrogen) atoms. The Labute approximate surface area is 98.9 Å². The number of amides is 1. The van der Waals surface area contributed by atoms with Crippen LogP contribution in [-0.4, -0.2) is 5.91 Å². The molecule has 2 heteroatoms. The summed E-state index contributed by atoms with van der Waals surface area (Å²) in [6, 6.07) is 7.34. The third-order valence-electron chi connectivity index (χ3n) is 2.35. The number of benzene rings is 1. The molecule has 0 aliphatic carbocycles. The fourth-order valence-electron chi connectivity index (χ4n) is 1.26. The van der Waals surface area contributed by atoms with E-state index < -0.39 is 0 Å². The number of unbranched alkanes of at least 4 members (excludes halogenated alkanes) is 2. The Hall–Kier alpha value is -1.31. The number of aryl methyl sites for hydroxylation is 1. The zero-order valence-corrected chi connectivity index (χ0v) is 10.6. The van der Waals surface area contributed by atoms with Crippen molar-refractivity contribution in [3.63, 3.8) is 0 Å². The summed E-state index contributed by atoms with van der Waals surface area (Å²) >= 11 is 0. The molecule has 1 aromatic carbocycles. The van der Waals surface area contributed by atoms with Crippen LogP contribution in [0.2, 0.25) is 0 Å². The number of primary amides is 1. The van der Waals surface area contributed by atoms with Crippen molar-refractivity contribution in [2.75, 3.05) is 0 Å². The number of nitrogens with two attached hydrogens (primary N) is 1. The van der Waals surface area contributed by atoms with Crippen LogP contribution in [0.1, 0.15) is 56.0 Å². The summed E-state index contributed by atoms with van der Waals surface area (Å²) in [6.45, 7) is 6.49. The van der Waals surface area contributed by atoms with E-state index >= 15 is 0 Å². The number of hydrogen-bond donors (Lipinski definition) is 1. The lowest BCUT2D eigenvalue weighted by Gasteiger charge is -1.96. The SMILES string of the molecule is CCCCC.CCc1ccc(C(N)=O)cc1. The molecule has 0 saturated carbocycles. The lowest BCUT2D eigenvalue weighted by molar-refractivity contribution is 0.100. The molecule has 0 bridgehead atoms. The van der Waals surface area contributed by atoms with Gasteiger partial charge in [-0.25, -0.2) is 0 Å². The summed E-state index contributed by atoms with van der Waals surface area (Å²) in [5, 5.41) is 0. The maximum Gasteiger partial charge on any atom is 0.248 e. The van der Waals surface area contributed by atoms with Gasteiger partial charge in [0.05, 0.1) is 0 Å². The lowest BCUT2D eigenvalue weighted by atomic mass is 10.1. The largest absolute Gasteiger partial charge is 0.366 e. The molecule has 0 unspecified atom stereocenters. The Bertz CT molecular complexity index is 288. The minimum atomic E-state index is -0.368. The van der Waals surface area contributed by atoms with Gasteiger partial charge in [-0.15, -0.1) is 0 Å². The zero-order valence-electron chi connectivity index (χ0n) is 10.6. The minimum absolute atomic E-state index is 0.368. The van der Waals surface area contributed by atoms with E-state index in [1.807, 2.05) is 12.1 Å². The fourth-order valence-corrected chi connectivity index (χ4v) is 1.26. The van der Waals surface area contributed by atoms with E-state index in [4.69, 9.17) is 5.73 Å². The fraction of sp³-hybridized carbons (Fsp3) is 0.500. The van der Waals surface area contributed by atoms with E-state index in [-0.39, 0.29) is 5.91 Å². The molecule has 2 N–H and O–H groups in total. The molecule has 2 nitrogen and oxygen atoms in total. The van der Waals surface area contributed by atoms with Gasteiger partial charge in [-0.1, -0.05) is 52.2 Å². The van der Waals surface area contributed by atoms with E-state index in [0.29, 0.717) is 5.56 Å². The first-order valence-corrected chi connectivity index (χ1v) is 6.04. The van der Waals surface area contributed by atoms with Gasteiger partial charge in [-0.2, -0.15) is 0 Å². The van der Waals surface area contributed by atoms with Gasteiger partial charge >= 0.3 is 0 Å². The van der Waals surface area contributed by atoms with Crippen LogP contribution in [0.5, 0.6) is 0 Å². The smallest absolute Gasteiger partial charge is 0.248 e. The van der Waals surface area contributed by atoms with Gasteiger partial charge in [-0.3, -0.25) is 4.79 Å². The Morgan fingerprint density at radius 1 is 1.06 bits per heavy atom. The first-order valence-electron chi connectivity index (χ1n) is 6.04. The molecule has 0 aliphatic heterocycles. The van der Waals surface area contributed by atoms with E-state index in [1.165, 1.54) is 24.8 Å². The molecular weight excluding hydrogens is 198 g/mol. The van der Waals surface area contributed by atoms with Crippen molar-refractivity contribution in [3.8, 4) is 0 Å². The first kappa shape index (κ1) is 14.7. The van der Waals surface area contributed by atoms with Gasteiger partial charge in [0.25, 0.3) is 0 Å². The normalized spacial score (nSPS) is 9.19. The monoisotopic (exact) mass is 221 g/mol. The van der Waals surface area contributed by atoms with Crippen LogP contribution in [0.3, 0.4) is 0 Å². The Balaban J connectivity index is 0.000000385. The van der Waals surface area contributed by atoms with E-state index in [0.717, 1.165) is 6.42 Å². The van der Waals surface area contributed by atoms with Crippen LogP contribution in [0.25, 0.3) is 0 Å². The first-order chi connectivity index (χ1) is 7.65. The second-order valence-electron chi connectivity index (χ2n) is 3.77. The molecule has 0 radical (unpaired) electrons. The maximum absolute atomic E-state index is 10.6. The van der Waals surface area contributed by atoms with Gasteiger partial charge in [0.1, 0.15) is 0 Å². The molecule has 1 amide bonds. The second kappa shape index (κ2) is 8.96. The predicted molar refractivity (Wildman–Crippen MR) is 69.5 cm³/mol. The molecule has 0 aromatic heterocycles. The summed E-state index contributed by atoms with van der Waals surface area (Å²) < 4.78 is 0. The second-order valence-corrected chi connectivity index (χ2v) is 3.77. The molecule has 0 atom stereocenters. The third kappa shape index (κ3) is 6.23. The summed E-state index contributed by atoms with van der Waals surface area (Å²) in [5.41, 5.74) is 6.86. The maximum atomic E-state index is 10.6. The Morgan fingerprint density at radius 2 is 1.56 bits per heavy atom. The molecule has 0 saturated heterocycles. The van der Waals surface area contributed by atoms with Crippen LogP contribution in [0.15, 0.2) is 24.3 Å². The number of rotatable bonds is 4. The number of hydrogen-bond acceptors (Lipinski definition) is 1. The average molecular weight is 221 g/mol. The van der Waals surface area contributed by atoms with Crippen molar-refractivity contribution < 1.29 is 4.79 Å². The van der Waals surface area contributed by atoms with Gasteiger partial charge < -0.3 is 5.73 Å². The quantitative estimate of drug-likeness (QED) is 0.830.